The van der Waals surface area contributed by atoms with Crippen LogP contribution < -0.4 is 10.7 Å². The summed E-state index contributed by atoms with van der Waals surface area (Å²) in [6.07, 6.45) is 0.748. The Hall–Kier alpha value is -2.54. The van der Waals surface area contributed by atoms with Gasteiger partial charge in [-0.2, -0.15) is 0 Å². The zero-order valence-electron chi connectivity index (χ0n) is 12.0. The van der Waals surface area contributed by atoms with Gasteiger partial charge in [0.25, 0.3) is 5.91 Å². The van der Waals surface area contributed by atoms with Crippen LogP contribution >= 0.6 is 11.3 Å². The lowest BCUT2D eigenvalue weighted by molar-refractivity contribution is 0.0997. The molecule has 2 aromatic heterocycles. The second-order valence-electron chi connectivity index (χ2n) is 4.78. The smallest absolute Gasteiger partial charge is 0.293 e. The minimum Gasteiger partial charge on any atom is -0.451 e. The van der Waals surface area contributed by atoms with Crippen LogP contribution in [0, 0.1) is 6.92 Å². The van der Waals surface area contributed by atoms with E-state index in [1.54, 1.807) is 12.1 Å². The van der Waals surface area contributed by atoms with Crippen LogP contribution in [0.4, 0.5) is 5.13 Å². The van der Waals surface area contributed by atoms with Crippen LogP contribution in [0.3, 0.4) is 0 Å². The standard InChI is InChI=1S/C15H13N3O3S/c1-3-13-17-18-15(22-13)16-14(20)12-7-10(19)9-5-4-8(2)6-11(9)21-12/h4-7H,3H2,1-2H3,(H,16,18,20). The van der Waals surface area contributed by atoms with Gasteiger partial charge in [0.2, 0.25) is 5.13 Å². The predicted octanol–water partition coefficient (Wildman–Crippen LogP) is 2.77. The highest BCUT2D eigenvalue weighted by molar-refractivity contribution is 7.15. The Bertz CT molecular complexity index is 914. The van der Waals surface area contributed by atoms with Gasteiger partial charge in [0.15, 0.2) is 11.2 Å². The molecule has 0 saturated carbocycles. The maximum atomic E-state index is 12.2. The second kappa shape index (κ2) is 5.69. The fraction of sp³-hybridized carbons (Fsp3) is 0.200. The van der Waals surface area contributed by atoms with E-state index in [9.17, 15) is 9.59 Å². The Kier molecular flexibility index (Phi) is 3.72. The Morgan fingerprint density at radius 1 is 1.32 bits per heavy atom. The molecule has 1 aromatic carbocycles. The van der Waals surface area contributed by atoms with Crippen molar-refractivity contribution in [3.05, 3.63) is 50.8 Å². The molecule has 0 fully saturated rings. The van der Waals surface area contributed by atoms with E-state index >= 15 is 0 Å². The van der Waals surface area contributed by atoms with E-state index < -0.39 is 5.91 Å². The summed E-state index contributed by atoms with van der Waals surface area (Å²) < 4.78 is 5.53. The third kappa shape index (κ3) is 2.75. The van der Waals surface area contributed by atoms with Crippen LogP contribution in [-0.2, 0) is 6.42 Å². The lowest BCUT2D eigenvalue weighted by Gasteiger charge is -2.03. The van der Waals surface area contributed by atoms with Crippen LogP contribution in [0.1, 0.15) is 28.0 Å². The van der Waals surface area contributed by atoms with Gasteiger partial charge in [0, 0.05) is 6.07 Å². The molecular formula is C15H13N3O3S. The van der Waals surface area contributed by atoms with Crippen LogP contribution in [0.5, 0.6) is 0 Å². The molecule has 0 aliphatic heterocycles. The molecule has 22 heavy (non-hydrogen) atoms. The molecule has 0 atom stereocenters. The number of aromatic nitrogens is 2. The maximum absolute atomic E-state index is 12.2. The average molecular weight is 315 g/mol. The first kappa shape index (κ1) is 14.4. The van der Waals surface area contributed by atoms with E-state index in [2.05, 4.69) is 15.5 Å². The summed E-state index contributed by atoms with van der Waals surface area (Å²) in [6, 6.07) is 6.44. The van der Waals surface area contributed by atoms with Crippen molar-refractivity contribution >= 4 is 33.3 Å². The van der Waals surface area contributed by atoms with Crippen molar-refractivity contribution in [2.75, 3.05) is 5.32 Å². The van der Waals surface area contributed by atoms with E-state index in [0.717, 1.165) is 17.0 Å². The first-order valence-electron chi connectivity index (χ1n) is 6.75. The molecule has 3 rings (SSSR count). The SMILES string of the molecule is CCc1nnc(NC(=O)c2cc(=O)c3ccc(C)cc3o2)s1. The van der Waals surface area contributed by atoms with Crippen LogP contribution in [0.25, 0.3) is 11.0 Å². The van der Waals surface area contributed by atoms with E-state index in [0.29, 0.717) is 16.1 Å². The molecule has 3 aromatic rings. The average Bonchev–Trinajstić information content (AvgIpc) is 2.94. The molecule has 6 nitrogen and oxygen atoms in total. The molecular weight excluding hydrogens is 302 g/mol. The highest BCUT2D eigenvalue weighted by Gasteiger charge is 2.14. The molecule has 2 heterocycles. The number of benzene rings is 1. The first-order valence-corrected chi connectivity index (χ1v) is 7.56. The van der Waals surface area contributed by atoms with Gasteiger partial charge in [0.05, 0.1) is 5.39 Å². The summed E-state index contributed by atoms with van der Waals surface area (Å²) in [5.74, 6) is -0.560. The Labute approximate surface area is 129 Å². The maximum Gasteiger partial charge on any atom is 0.293 e. The highest BCUT2D eigenvalue weighted by Crippen LogP contribution is 2.18. The molecule has 7 heteroatoms. The summed E-state index contributed by atoms with van der Waals surface area (Å²) >= 11 is 1.29. The Morgan fingerprint density at radius 2 is 2.14 bits per heavy atom. The molecule has 0 aliphatic rings. The quantitative estimate of drug-likeness (QED) is 0.803. The van der Waals surface area contributed by atoms with Gasteiger partial charge >= 0.3 is 0 Å². The predicted molar refractivity (Wildman–Crippen MR) is 84.5 cm³/mol. The van der Waals surface area contributed by atoms with Crippen molar-refractivity contribution in [3.8, 4) is 0 Å². The van der Waals surface area contributed by atoms with Gasteiger partial charge in [-0.15, -0.1) is 10.2 Å². The van der Waals surface area contributed by atoms with Crippen molar-refractivity contribution in [1.29, 1.82) is 0 Å². The van der Waals surface area contributed by atoms with Crippen molar-refractivity contribution in [3.63, 3.8) is 0 Å². The summed E-state index contributed by atoms with van der Waals surface area (Å²) in [6.45, 7) is 3.84. The van der Waals surface area contributed by atoms with E-state index in [1.165, 1.54) is 17.4 Å². The molecule has 112 valence electrons. The number of hydrogen-bond acceptors (Lipinski definition) is 6. The van der Waals surface area contributed by atoms with Crippen molar-refractivity contribution in [2.45, 2.75) is 20.3 Å². The third-order valence-electron chi connectivity index (χ3n) is 3.10. The highest BCUT2D eigenvalue weighted by atomic mass is 32.1. The van der Waals surface area contributed by atoms with Crippen molar-refractivity contribution in [2.24, 2.45) is 0 Å². The molecule has 0 unspecified atom stereocenters. The minimum atomic E-state index is -0.515. The fourth-order valence-corrected chi connectivity index (χ4v) is 2.65. The number of hydrogen-bond donors (Lipinski definition) is 1. The topological polar surface area (TPSA) is 85.1 Å². The molecule has 0 saturated heterocycles. The van der Waals surface area contributed by atoms with Gasteiger partial charge in [0.1, 0.15) is 10.6 Å². The lowest BCUT2D eigenvalue weighted by Crippen LogP contribution is -2.14. The minimum absolute atomic E-state index is 0.0450. The van der Waals surface area contributed by atoms with Gasteiger partial charge in [-0.1, -0.05) is 24.3 Å². The number of amides is 1. The van der Waals surface area contributed by atoms with E-state index in [-0.39, 0.29) is 11.2 Å². The Balaban J connectivity index is 1.95. The Morgan fingerprint density at radius 3 is 2.86 bits per heavy atom. The number of nitrogens with one attached hydrogen (secondary N) is 1. The van der Waals surface area contributed by atoms with Gasteiger partial charge in [-0.05, 0) is 31.0 Å². The van der Waals surface area contributed by atoms with Crippen molar-refractivity contribution < 1.29 is 9.21 Å². The molecule has 1 amide bonds. The van der Waals surface area contributed by atoms with Crippen LogP contribution in [0.2, 0.25) is 0 Å². The van der Waals surface area contributed by atoms with Crippen molar-refractivity contribution in [1.82, 2.24) is 10.2 Å². The van der Waals surface area contributed by atoms with Crippen LogP contribution in [0.15, 0.2) is 33.5 Å². The number of rotatable bonds is 3. The third-order valence-corrected chi connectivity index (χ3v) is 4.08. The summed E-state index contributed by atoms with van der Waals surface area (Å²) in [4.78, 5) is 24.2. The number of anilines is 1. The summed E-state index contributed by atoms with van der Waals surface area (Å²) in [7, 11) is 0. The first-order chi connectivity index (χ1) is 10.6. The number of fused-ring (bicyclic) bond motifs is 1. The van der Waals surface area contributed by atoms with Crippen LogP contribution in [-0.4, -0.2) is 16.1 Å². The lowest BCUT2D eigenvalue weighted by atomic mass is 10.1. The normalized spacial score (nSPS) is 10.8. The second-order valence-corrected chi connectivity index (χ2v) is 5.85. The number of carbonyl (C=O) groups is 1. The van der Waals surface area contributed by atoms with E-state index in [4.69, 9.17) is 4.42 Å². The number of carbonyl (C=O) groups excluding carboxylic acids is 1. The summed E-state index contributed by atoms with van der Waals surface area (Å²) in [5, 5.41) is 12.0. The van der Waals surface area contributed by atoms with Gasteiger partial charge in [-0.25, -0.2) is 0 Å². The molecule has 0 radical (unpaired) electrons. The fourth-order valence-electron chi connectivity index (χ4n) is 1.98. The number of nitrogens with zero attached hydrogens (tertiary/aromatic N) is 2. The van der Waals surface area contributed by atoms with Gasteiger partial charge in [-0.3, -0.25) is 14.9 Å². The molecule has 0 bridgehead atoms. The zero-order chi connectivity index (χ0) is 15.7. The number of aryl methyl sites for hydroxylation is 2. The molecule has 1 N–H and O–H groups in total. The largest absolute Gasteiger partial charge is 0.451 e. The zero-order valence-corrected chi connectivity index (χ0v) is 12.9. The van der Waals surface area contributed by atoms with Gasteiger partial charge < -0.3 is 4.42 Å². The monoisotopic (exact) mass is 315 g/mol. The summed E-state index contributed by atoms with van der Waals surface area (Å²) in [5.41, 5.74) is 1.09. The van der Waals surface area contributed by atoms with E-state index in [1.807, 2.05) is 19.9 Å². The molecule has 0 aliphatic carbocycles. The molecule has 0 spiro atoms.